The predicted molar refractivity (Wildman–Crippen MR) is 147 cm³/mol. The van der Waals surface area contributed by atoms with Gasteiger partial charge in [0, 0.05) is 52.6 Å². The van der Waals surface area contributed by atoms with Crippen molar-refractivity contribution in [3.8, 4) is 0 Å². The molecule has 1 aliphatic heterocycles. The molecule has 0 aromatic heterocycles. The Hall–Kier alpha value is -3.17. The lowest BCUT2D eigenvalue weighted by molar-refractivity contribution is -0.105. The van der Waals surface area contributed by atoms with Crippen molar-refractivity contribution in [3.05, 3.63) is 89.5 Å². The van der Waals surface area contributed by atoms with E-state index in [1.54, 1.807) is 18.2 Å². The molecule has 0 saturated carbocycles. The standard InChI is InChI=1S/C14H14N4OS.C13H20N2/c15-13-5-4-10(18-8-19)7-12(13)14(16)9-2-1-3-11(6-9)20-17;1-11(12-5-3-2-4-6-12)15-9-7-13(14)8-10-15/h1-8,16H,15,17H2,(H,18,19);2-6,11,13H,7-10,14H2,1H3. The van der Waals surface area contributed by atoms with Crippen LogP contribution in [0.2, 0.25) is 0 Å². The number of nitrogens with zero attached hydrogens (tertiary/aromatic N) is 1. The average Bonchev–Trinajstić information content (AvgIpc) is 2.90. The largest absolute Gasteiger partial charge is 0.398 e. The summed E-state index contributed by atoms with van der Waals surface area (Å²) in [7, 11) is 0. The van der Waals surface area contributed by atoms with E-state index >= 15 is 0 Å². The fraction of sp³-hybridized carbons (Fsp3) is 0.259. The van der Waals surface area contributed by atoms with Gasteiger partial charge in [-0.1, -0.05) is 42.5 Å². The summed E-state index contributed by atoms with van der Waals surface area (Å²) in [4.78, 5) is 13.9. The SMILES string of the molecule is CC(c1ccccc1)N1CCC(N)CC1.N=C(c1cccc(SN)c1)c1cc(NC=O)ccc1N. The van der Waals surface area contributed by atoms with Gasteiger partial charge in [0.25, 0.3) is 0 Å². The summed E-state index contributed by atoms with van der Waals surface area (Å²) < 4.78 is 0. The van der Waals surface area contributed by atoms with Crippen LogP contribution in [0.25, 0.3) is 0 Å². The third-order valence-corrected chi connectivity index (χ3v) is 6.74. The van der Waals surface area contributed by atoms with Crippen LogP contribution in [-0.2, 0) is 4.79 Å². The lowest BCUT2D eigenvalue weighted by Gasteiger charge is -2.35. The molecule has 1 heterocycles. The first-order valence-corrected chi connectivity index (χ1v) is 12.5. The second-order valence-electron chi connectivity index (χ2n) is 8.54. The molecular formula is C27H34N6OS. The number of benzene rings is 3. The third-order valence-electron chi connectivity index (χ3n) is 6.21. The van der Waals surface area contributed by atoms with Crippen LogP contribution in [0.5, 0.6) is 0 Å². The van der Waals surface area contributed by atoms with Gasteiger partial charge in [-0.3, -0.25) is 20.2 Å². The highest BCUT2D eigenvalue weighted by Gasteiger charge is 2.21. The van der Waals surface area contributed by atoms with Gasteiger partial charge < -0.3 is 16.8 Å². The first kappa shape index (κ1) is 26.4. The summed E-state index contributed by atoms with van der Waals surface area (Å²) in [6, 6.07) is 24.0. The van der Waals surface area contributed by atoms with E-state index in [0.717, 1.165) is 48.3 Å². The van der Waals surface area contributed by atoms with Crippen LogP contribution in [0.15, 0.2) is 77.7 Å². The fourth-order valence-electron chi connectivity index (χ4n) is 4.06. The van der Waals surface area contributed by atoms with Crippen LogP contribution in [0.3, 0.4) is 0 Å². The predicted octanol–water partition coefficient (Wildman–Crippen LogP) is 4.39. The lowest BCUT2D eigenvalue weighted by Crippen LogP contribution is -2.40. The number of amides is 1. The number of piperidine rings is 1. The first-order chi connectivity index (χ1) is 16.9. The zero-order chi connectivity index (χ0) is 25.2. The average molecular weight is 491 g/mol. The smallest absolute Gasteiger partial charge is 0.211 e. The molecule has 3 aromatic rings. The Kier molecular flexibility index (Phi) is 9.86. The van der Waals surface area contributed by atoms with Crippen LogP contribution < -0.4 is 21.9 Å². The number of nitrogens with two attached hydrogens (primary N) is 3. The maximum Gasteiger partial charge on any atom is 0.211 e. The van der Waals surface area contributed by atoms with E-state index in [0.29, 0.717) is 35.4 Å². The van der Waals surface area contributed by atoms with Gasteiger partial charge in [-0.25, -0.2) is 0 Å². The molecule has 1 atom stereocenters. The molecule has 0 bridgehead atoms. The zero-order valence-electron chi connectivity index (χ0n) is 20.0. The minimum absolute atomic E-state index is 0.285. The Morgan fingerprint density at radius 3 is 2.46 bits per heavy atom. The van der Waals surface area contributed by atoms with Gasteiger partial charge in [0.1, 0.15) is 0 Å². The van der Waals surface area contributed by atoms with Crippen molar-refractivity contribution in [2.75, 3.05) is 24.1 Å². The van der Waals surface area contributed by atoms with E-state index in [1.807, 2.05) is 24.3 Å². The maximum atomic E-state index is 10.5. The van der Waals surface area contributed by atoms with Gasteiger partial charge in [-0.05, 0) is 67.6 Å². The van der Waals surface area contributed by atoms with Gasteiger partial charge in [0.05, 0.1) is 5.71 Å². The van der Waals surface area contributed by atoms with Crippen molar-refractivity contribution in [2.24, 2.45) is 10.9 Å². The second kappa shape index (κ2) is 13.1. The topological polar surface area (TPSA) is 134 Å². The van der Waals surface area contributed by atoms with Crippen LogP contribution in [0.1, 0.15) is 42.5 Å². The minimum Gasteiger partial charge on any atom is -0.398 e. The molecule has 7 nitrogen and oxygen atoms in total. The van der Waals surface area contributed by atoms with E-state index in [-0.39, 0.29) is 5.71 Å². The molecule has 8 N–H and O–H groups in total. The summed E-state index contributed by atoms with van der Waals surface area (Å²) >= 11 is 1.12. The van der Waals surface area contributed by atoms with Crippen molar-refractivity contribution in [1.82, 2.24) is 4.90 Å². The van der Waals surface area contributed by atoms with Crippen molar-refractivity contribution in [1.29, 1.82) is 5.41 Å². The summed E-state index contributed by atoms with van der Waals surface area (Å²) in [6.07, 6.45) is 2.86. The fourth-order valence-corrected chi connectivity index (χ4v) is 4.41. The van der Waals surface area contributed by atoms with Crippen molar-refractivity contribution in [2.45, 2.75) is 36.7 Å². The molecule has 0 aliphatic carbocycles. The molecule has 1 amide bonds. The highest BCUT2D eigenvalue weighted by Crippen LogP contribution is 2.24. The second-order valence-corrected chi connectivity index (χ2v) is 9.25. The van der Waals surface area contributed by atoms with Gasteiger partial charge >= 0.3 is 0 Å². The van der Waals surface area contributed by atoms with E-state index in [1.165, 1.54) is 5.56 Å². The number of nitrogens with one attached hydrogen (secondary N) is 2. The maximum absolute atomic E-state index is 10.5. The molecule has 8 heteroatoms. The van der Waals surface area contributed by atoms with Gasteiger partial charge in [0.2, 0.25) is 6.41 Å². The Labute approximate surface area is 211 Å². The number of carbonyl (C=O) groups excluding carboxylic acids is 1. The molecule has 1 saturated heterocycles. The number of likely N-dealkylation sites (tertiary alicyclic amines) is 1. The Bertz CT molecular complexity index is 1120. The molecule has 3 aromatic carbocycles. The van der Waals surface area contributed by atoms with Crippen LogP contribution in [-0.4, -0.2) is 36.2 Å². The van der Waals surface area contributed by atoms with Gasteiger partial charge in [-0.2, -0.15) is 0 Å². The number of nitrogen functional groups attached to an aromatic ring is 1. The number of carbonyl (C=O) groups is 1. The molecule has 1 aliphatic rings. The van der Waals surface area contributed by atoms with E-state index in [2.05, 4.69) is 47.5 Å². The Balaban J connectivity index is 0.000000203. The normalized spacial score (nSPS) is 14.9. The monoisotopic (exact) mass is 490 g/mol. The van der Waals surface area contributed by atoms with Crippen LogP contribution in [0.4, 0.5) is 11.4 Å². The highest BCUT2D eigenvalue weighted by atomic mass is 32.2. The molecule has 184 valence electrons. The van der Waals surface area contributed by atoms with Gasteiger partial charge in [-0.15, -0.1) is 0 Å². The first-order valence-electron chi connectivity index (χ1n) is 11.6. The van der Waals surface area contributed by atoms with Crippen LogP contribution in [0, 0.1) is 5.41 Å². The number of anilines is 2. The molecular weight excluding hydrogens is 456 g/mol. The number of hydrogen-bond acceptors (Lipinski definition) is 7. The highest BCUT2D eigenvalue weighted by molar-refractivity contribution is 7.97. The molecule has 1 fully saturated rings. The summed E-state index contributed by atoms with van der Waals surface area (Å²) in [5, 5.41) is 16.3. The molecule has 35 heavy (non-hydrogen) atoms. The molecule has 4 rings (SSSR count). The van der Waals surface area contributed by atoms with Gasteiger partial charge in [0.15, 0.2) is 0 Å². The molecule has 0 radical (unpaired) electrons. The number of hydrogen-bond donors (Lipinski definition) is 5. The lowest BCUT2D eigenvalue weighted by atomic mass is 10.0. The van der Waals surface area contributed by atoms with Crippen molar-refractivity contribution < 1.29 is 4.79 Å². The third kappa shape index (κ3) is 7.40. The van der Waals surface area contributed by atoms with E-state index in [9.17, 15) is 4.79 Å². The zero-order valence-corrected chi connectivity index (χ0v) is 20.8. The van der Waals surface area contributed by atoms with Crippen molar-refractivity contribution in [3.63, 3.8) is 0 Å². The number of rotatable bonds is 7. The minimum atomic E-state index is 0.285. The Morgan fingerprint density at radius 1 is 1.09 bits per heavy atom. The molecule has 1 unspecified atom stereocenters. The van der Waals surface area contributed by atoms with Crippen molar-refractivity contribution >= 4 is 35.4 Å². The van der Waals surface area contributed by atoms with Crippen LogP contribution >= 0.6 is 11.9 Å². The summed E-state index contributed by atoms with van der Waals surface area (Å²) in [5.74, 6) is 0. The summed E-state index contributed by atoms with van der Waals surface area (Å²) in [5.41, 5.74) is 15.9. The molecule has 0 spiro atoms. The Morgan fingerprint density at radius 2 is 1.80 bits per heavy atom. The summed E-state index contributed by atoms with van der Waals surface area (Å²) in [6.45, 7) is 4.56. The van der Waals surface area contributed by atoms with E-state index < -0.39 is 0 Å². The quantitative estimate of drug-likeness (QED) is 0.144. The van der Waals surface area contributed by atoms with E-state index in [4.69, 9.17) is 22.0 Å².